The lowest BCUT2D eigenvalue weighted by Crippen LogP contribution is -2.35. The monoisotopic (exact) mass is 450 g/mol. The lowest BCUT2D eigenvalue weighted by atomic mass is 9.98. The number of rotatable bonds is 16. The molecule has 0 aliphatic carbocycles. The van der Waals surface area contributed by atoms with E-state index in [1.807, 2.05) is 0 Å². The van der Waals surface area contributed by atoms with Gasteiger partial charge in [0.15, 0.2) is 23.1 Å². The normalized spacial score (nSPS) is 14.7. The van der Waals surface area contributed by atoms with Crippen molar-refractivity contribution >= 4 is 23.1 Å². The largest absolute Gasteiger partial charge is 0.393 e. The molecule has 0 rings (SSSR count). The Balaban J connectivity index is 5.47. The Labute approximate surface area is 176 Å². The topological polar surface area (TPSA) is 239 Å². The summed E-state index contributed by atoms with van der Waals surface area (Å²) in [7, 11) is 0. The zero-order valence-electron chi connectivity index (χ0n) is 16.3. The van der Waals surface area contributed by atoms with Gasteiger partial charge >= 0.3 is 0 Å². The van der Waals surface area contributed by atoms with Crippen molar-refractivity contribution in [2.45, 2.75) is 24.4 Å². The Kier molecular flexibility index (Phi) is 13.7. The summed E-state index contributed by atoms with van der Waals surface area (Å²) in [5.74, 6) is -4.99. The molecule has 176 valence electrons. The molecule has 0 radical (unpaired) electrons. The van der Waals surface area contributed by atoms with Gasteiger partial charge in [-0.2, -0.15) is 0 Å². The van der Waals surface area contributed by atoms with E-state index < -0.39 is 98.3 Å². The maximum atomic E-state index is 12.0. The van der Waals surface area contributed by atoms with Gasteiger partial charge in [0.2, 0.25) is 0 Å². The van der Waals surface area contributed by atoms with Gasteiger partial charge in [0, 0.05) is 0 Å². The van der Waals surface area contributed by atoms with E-state index in [0.717, 1.165) is 12.2 Å². The van der Waals surface area contributed by atoms with Crippen LogP contribution in [0.3, 0.4) is 0 Å². The van der Waals surface area contributed by atoms with E-state index in [2.05, 4.69) is 0 Å². The van der Waals surface area contributed by atoms with Crippen LogP contribution < -0.4 is 0 Å². The summed E-state index contributed by atoms with van der Waals surface area (Å²) in [6.07, 6.45) is -6.23. The first kappa shape index (κ1) is 28.8. The molecule has 0 aliphatic heterocycles. The highest BCUT2D eigenvalue weighted by atomic mass is 16.5. The van der Waals surface area contributed by atoms with E-state index >= 15 is 0 Å². The van der Waals surface area contributed by atoms with Crippen molar-refractivity contribution in [2.24, 2.45) is 0 Å². The molecule has 0 aromatic carbocycles. The molecule has 0 fully saturated rings. The van der Waals surface area contributed by atoms with E-state index in [9.17, 15) is 39.6 Å². The maximum absolute atomic E-state index is 12.0. The summed E-state index contributed by atoms with van der Waals surface area (Å²) in [4.78, 5) is 47.8. The molecule has 8 N–H and O–H groups in total. The summed E-state index contributed by atoms with van der Waals surface area (Å²) in [5.41, 5.74) is -1.54. The van der Waals surface area contributed by atoms with Crippen molar-refractivity contribution in [1.82, 2.24) is 0 Å². The van der Waals surface area contributed by atoms with E-state index in [1.165, 1.54) is 0 Å². The Morgan fingerprint density at radius 2 is 0.774 bits per heavy atom. The summed E-state index contributed by atoms with van der Waals surface area (Å²) in [6, 6.07) is 0. The van der Waals surface area contributed by atoms with Gasteiger partial charge in [0.25, 0.3) is 0 Å². The standard InChI is InChI=1S/C18H26O13/c19-5-11(23)15(27)9(16(28)12(24)6-20)1-3-31-4-2-10(17(29)13(25)7-21)18(30)14(26)8-22/h1-2,11-14,19-26H,3-8H2. The van der Waals surface area contributed by atoms with Crippen LogP contribution in [0.5, 0.6) is 0 Å². The Hall–Kier alpha value is -2.20. The first-order chi connectivity index (χ1) is 14.6. The van der Waals surface area contributed by atoms with Crippen LogP contribution in [0.15, 0.2) is 23.3 Å². The molecule has 0 saturated heterocycles. The fraction of sp³-hybridized carbons (Fsp3) is 0.556. The molecule has 4 unspecified atom stereocenters. The first-order valence-corrected chi connectivity index (χ1v) is 8.87. The number of hydrogen-bond donors (Lipinski definition) is 8. The average Bonchev–Trinajstić information content (AvgIpc) is 2.79. The molecule has 0 spiro atoms. The minimum Gasteiger partial charge on any atom is -0.393 e. The quantitative estimate of drug-likeness (QED) is 0.0474. The van der Waals surface area contributed by atoms with Crippen LogP contribution in [0.1, 0.15) is 0 Å². The minimum absolute atomic E-state index is 0.541. The van der Waals surface area contributed by atoms with Crippen molar-refractivity contribution in [3.8, 4) is 0 Å². The van der Waals surface area contributed by atoms with E-state index in [1.54, 1.807) is 0 Å². The lowest BCUT2D eigenvalue weighted by molar-refractivity contribution is -0.133. The third-order valence-electron chi connectivity index (χ3n) is 3.77. The van der Waals surface area contributed by atoms with Crippen LogP contribution in [0, 0.1) is 0 Å². The molecule has 13 nitrogen and oxygen atoms in total. The van der Waals surface area contributed by atoms with Crippen LogP contribution in [0.2, 0.25) is 0 Å². The van der Waals surface area contributed by atoms with Gasteiger partial charge in [0.05, 0.1) is 50.8 Å². The number of ether oxygens (including phenoxy) is 1. The van der Waals surface area contributed by atoms with Gasteiger partial charge in [-0.25, -0.2) is 0 Å². The Bertz CT molecular complexity index is 591. The molecule has 0 aliphatic rings. The number of aliphatic hydroxyl groups excluding tert-OH is 8. The van der Waals surface area contributed by atoms with Crippen LogP contribution in [-0.2, 0) is 23.9 Å². The average molecular weight is 450 g/mol. The van der Waals surface area contributed by atoms with Gasteiger partial charge in [-0.05, 0) is 12.2 Å². The van der Waals surface area contributed by atoms with E-state index in [0.29, 0.717) is 0 Å². The first-order valence-electron chi connectivity index (χ1n) is 8.87. The van der Waals surface area contributed by atoms with Crippen LogP contribution in [0.25, 0.3) is 0 Å². The number of carbonyl (C=O) groups is 4. The lowest BCUT2D eigenvalue weighted by Gasteiger charge is -2.13. The minimum atomic E-state index is -1.97. The third-order valence-corrected chi connectivity index (χ3v) is 3.77. The van der Waals surface area contributed by atoms with Crippen molar-refractivity contribution in [1.29, 1.82) is 0 Å². The molecular formula is C18H26O13. The molecule has 0 heterocycles. The fourth-order valence-electron chi connectivity index (χ4n) is 2.05. The fourth-order valence-corrected chi connectivity index (χ4v) is 2.05. The summed E-state index contributed by atoms with van der Waals surface area (Å²) in [5, 5.41) is 72.9. The highest BCUT2D eigenvalue weighted by molar-refractivity contribution is 6.23. The van der Waals surface area contributed by atoms with Gasteiger partial charge in [-0.3, -0.25) is 19.2 Å². The van der Waals surface area contributed by atoms with Gasteiger partial charge in [0.1, 0.15) is 24.4 Å². The summed E-state index contributed by atoms with van der Waals surface area (Å²) in [6.45, 7) is -5.15. The van der Waals surface area contributed by atoms with E-state index in [-0.39, 0.29) is 0 Å². The zero-order chi connectivity index (χ0) is 24.1. The highest BCUT2D eigenvalue weighted by Gasteiger charge is 2.29. The molecule has 13 heteroatoms. The van der Waals surface area contributed by atoms with Gasteiger partial charge < -0.3 is 45.6 Å². The molecule has 31 heavy (non-hydrogen) atoms. The molecule has 0 aromatic rings. The summed E-state index contributed by atoms with van der Waals surface area (Å²) >= 11 is 0. The second-order valence-corrected chi connectivity index (χ2v) is 6.02. The van der Waals surface area contributed by atoms with Gasteiger partial charge in [-0.15, -0.1) is 0 Å². The predicted molar refractivity (Wildman–Crippen MR) is 99.4 cm³/mol. The molecule has 4 atom stereocenters. The second kappa shape index (κ2) is 14.7. The van der Waals surface area contributed by atoms with Crippen molar-refractivity contribution in [3.63, 3.8) is 0 Å². The molecule has 0 amide bonds. The van der Waals surface area contributed by atoms with E-state index in [4.69, 9.17) is 25.2 Å². The number of ketones is 4. The third kappa shape index (κ3) is 8.82. The smallest absolute Gasteiger partial charge is 0.197 e. The maximum Gasteiger partial charge on any atom is 0.197 e. The zero-order valence-corrected chi connectivity index (χ0v) is 16.3. The highest BCUT2D eigenvalue weighted by Crippen LogP contribution is 2.09. The number of hydrogen-bond acceptors (Lipinski definition) is 13. The number of carbonyl (C=O) groups excluding carboxylic acids is 4. The second-order valence-electron chi connectivity index (χ2n) is 6.02. The Morgan fingerprint density at radius 3 is 0.968 bits per heavy atom. The molecular weight excluding hydrogens is 424 g/mol. The molecule has 0 bridgehead atoms. The van der Waals surface area contributed by atoms with Crippen LogP contribution in [0.4, 0.5) is 0 Å². The Morgan fingerprint density at radius 1 is 0.548 bits per heavy atom. The van der Waals surface area contributed by atoms with Crippen molar-refractivity contribution in [3.05, 3.63) is 23.3 Å². The number of Topliss-reactive ketones (excluding diaryl/α,β-unsaturated/α-hetero) is 4. The predicted octanol–water partition coefficient (Wildman–Crippen LogP) is -5.45. The van der Waals surface area contributed by atoms with Crippen molar-refractivity contribution in [2.75, 3.05) is 39.6 Å². The number of aliphatic hydroxyl groups is 8. The SMILES string of the molecule is O=C(C(=CCOCC=C(C(=O)C(O)CO)C(=O)C(O)CO)C(=O)C(O)CO)C(O)CO. The molecule has 0 saturated carbocycles. The summed E-state index contributed by atoms with van der Waals surface area (Å²) < 4.78 is 5.01. The van der Waals surface area contributed by atoms with Gasteiger partial charge in [-0.1, -0.05) is 0 Å². The van der Waals surface area contributed by atoms with Crippen LogP contribution >= 0.6 is 0 Å². The van der Waals surface area contributed by atoms with Crippen LogP contribution in [-0.4, -0.2) is 128 Å². The molecule has 0 aromatic heterocycles. The van der Waals surface area contributed by atoms with Crippen molar-refractivity contribution < 1.29 is 64.8 Å².